The Balaban J connectivity index is 1.65. The molecule has 0 spiro atoms. The molecule has 154 valence electrons. The van der Waals surface area contributed by atoms with Crippen LogP contribution in [-0.4, -0.2) is 57.9 Å². The number of fused-ring (bicyclic) bond motifs is 1. The van der Waals surface area contributed by atoms with Gasteiger partial charge in [-0.25, -0.2) is 9.97 Å². The van der Waals surface area contributed by atoms with E-state index >= 15 is 0 Å². The highest BCUT2D eigenvalue weighted by atomic mass is 32.2. The van der Waals surface area contributed by atoms with Crippen molar-refractivity contribution in [3.8, 4) is 11.4 Å². The maximum atomic E-state index is 12.9. The Bertz CT molecular complexity index is 882. The predicted molar refractivity (Wildman–Crippen MR) is 113 cm³/mol. The van der Waals surface area contributed by atoms with Crippen LogP contribution in [0.15, 0.2) is 35.4 Å². The molecular weight excluding hydrogens is 386 g/mol. The van der Waals surface area contributed by atoms with E-state index in [2.05, 4.69) is 13.8 Å². The molecule has 0 radical (unpaired) electrons. The Hall–Kier alpha value is -1.96. The van der Waals surface area contributed by atoms with Gasteiger partial charge in [0, 0.05) is 30.6 Å². The third kappa shape index (κ3) is 4.63. The van der Waals surface area contributed by atoms with Gasteiger partial charge in [-0.2, -0.15) is 0 Å². The van der Waals surface area contributed by atoms with Crippen LogP contribution >= 0.6 is 11.8 Å². The molecule has 0 bridgehead atoms. The summed E-state index contributed by atoms with van der Waals surface area (Å²) < 4.78 is 11.4. The molecule has 1 atom stereocenters. The van der Waals surface area contributed by atoms with Gasteiger partial charge in [-0.3, -0.25) is 4.79 Å². The number of carbonyl (C=O) groups excluding carboxylic acids is 1. The van der Waals surface area contributed by atoms with Crippen LogP contribution in [0, 0.1) is 0 Å². The Morgan fingerprint density at radius 2 is 1.90 bits per heavy atom. The van der Waals surface area contributed by atoms with Crippen molar-refractivity contribution >= 4 is 17.7 Å². The third-order valence-corrected chi connectivity index (χ3v) is 6.36. The van der Waals surface area contributed by atoms with Gasteiger partial charge in [-0.15, -0.1) is 0 Å². The number of ether oxygens (including phenoxy) is 2. The maximum Gasteiger partial charge on any atom is 0.235 e. The molecule has 6 nitrogen and oxygen atoms in total. The van der Waals surface area contributed by atoms with Crippen molar-refractivity contribution in [2.75, 3.05) is 26.3 Å². The summed E-state index contributed by atoms with van der Waals surface area (Å²) in [7, 11) is 0. The minimum atomic E-state index is -0.257. The average Bonchev–Trinajstić information content (AvgIpc) is 2.73. The van der Waals surface area contributed by atoms with Gasteiger partial charge in [0.25, 0.3) is 0 Å². The summed E-state index contributed by atoms with van der Waals surface area (Å²) in [5.41, 5.74) is 2.75. The molecule has 2 aliphatic heterocycles. The number of benzene rings is 1. The molecular formula is C22H27N3O3S. The summed E-state index contributed by atoms with van der Waals surface area (Å²) >= 11 is 1.51. The first-order chi connectivity index (χ1) is 13.9. The molecule has 1 saturated heterocycles. The van der Waals surface area contributed by atoms with E-state index in [0.717, 1.165) is 28.3 Å². The molecule has 1 aromatic carbocycles. The van der Waals surface area contributed by atoms with Crippen molar-refractivity contribution in [3.05, 3.63) is 41.6 Å². The fourth-order valence-electron chi connectivity index (χ4n) is 3.59. The zero-order chi connectivity index (χ0) is 20.4. The second-order valence-electron chi connectivity index (χ2n) is 8.07. The first kappa shape index (κ1) is 20.3. The molecule has 1 fully saturated rings. The Labute approximate surface area is 176 Å². The molecule has 4 rings (SSSR count). The zero-order valence-electron chi connectivity index (χ0n) is 17.2. The van der Waals surface area contributed by atoms with Crippen LogP contribution in [-0.2, 0) is 27.3 Å². The van der Waals surface area contributed by atoms with E-state index in [-0.39, 0.29) is 16.8 Å². The van der Waals surface area contributed by atoms with Crippen molar-refractivity contribution in [1.29, 1.82) is 0 Å². The van der Waals surface area contributed by atoms with E-state index < -0.39 is 0 Å². The molecule has 0 aliphatic carbocycles. The van der Waals surface area contributed by atoms with Crippen LogP contribution < -0.4 is 0 Å². The van der Waals surface area contributed by atoms with Crippen molar-refractivity contribution in [2.45, 2.75) is 49.7 Å². The Morgan fingerprint density at radius 3 is 2.62 bits per heavy atom. The average molecular weight is 414 g/mol. The lowest BCUT2D eigenvalue weighted by atomic mass is 9.96. The maximum absolute atomic E-state index is 12.9. The normalized spacial score (nSPS) is 19.5. The zero-order valence-corrected chi connectivity index (χ0v) is 18.0. The highest BCUT2D eigenvalue weighted by Crippen LogP contribution is 2.35. The fourth-order valence-corrected chi connectivity index (χ4v) is 4.64. The Morgan fingerprint density at radius 1 is 1.17 bits per heavy atom. The molecule has 1 aromatic heterocycles. The van der Waals surface area contributed by atoms with Crippen molar-refractivity contribution in [2.24, 2.45) is 0 Å². The summed E-state index contributed by atoms with van der Waals surface area (Å²) in [5.74, 6) is 0.833. The van der Waals surface area contributed by atoms with Crippen molar-refractivity contribution < 1.29 is 14.3 Å². The minimum Gasteiger partial charge on any atom is -0.378 e. The van der Waals surface area contributed by atoms with Gasteiger partial charge in [0.1, 0.15) is 5.03 Å². The van der Waals surface area contributed by atoms with Gasteiger partial charge in [0.2, 0.25) is 5.91 Å². The predicted octanol–water partition coefficient (Wildman–Crippen LogP) is 3.33. The standard InChI is InChI=1S/C22H27N3O3S/c1-15(21(26)25-9-11-27-12-10-25)29-20-17-14-28-22(2,3)13-18(17)23-19(24-20)16-7-5-4-6-8-16/h4-8,15H,9-14H2,1-3H3/t15-/m1/s1. The first-order valence-corrected chi connectivity index (χ1v) is 10.9. The van der Waals surface area contributed by atoms with E-state index in [1.807, 2.05) is 42.2 Å². The van der Waals surface area contributed by atoms with E-state index in [1.165, 1.54) is 11.8 Å². The van der Waals surface area contributed by atoms with Gasteiger partial charge in [-0.1, -0.05) is 42.1 Å². The number of aromatic nitrogens is 2. The molecule has 3 heterocycles. The SMILES string of the molecule is C[C@@H](Sc1nc(-c2ccccc2)nc2c1COC(C)(C)C2)C(=O)N1CCOCC1. The lowest BCUT2D eigenvalue weighted by molar-refractivity contribution is -0.134. The summed E-state index contributed by atoms with van der Waals surface area (Å²) in [5, 5.41) is 0.615. The van der Waals surface area contributed by atoms with E-state index in [1.54, 1.807) is 0 Å². The minimum absolute atomic E-state index is 0.129. The van der Waals surface area contributed by atoms with Crippen LogP contribution in [0.4, 0.5) is 0 Å². The molecule has 0 saturated carbocycles. The molecule has 2 aromatic rings. The molecule has 29 heavy (non-hydrogen) atoms. The largest absolute Gasteiger partial charge is 0.378 e. The van der Waals surface area contributed by atoms with Crippen molar-refractivity contribution in [1.82, 2.24) is 14.9 Å². The van der Waals surface area contributed by atoms with Gasteiger partial charge < -0.3 is 14.4 Å². The van der Waals surface area contributed by atoms with Gasteiger partial charge >= 0.3 is 0 Å². The number of carbonyl (C=O) groups is 1. The van der Waals surface area contributed by atoms with E-state index in [0.29, 0.717) is 38.7 Å². The van der Waals surface area contributed by atoms with E-state index in [4.69, 9.17) is 19.4 Å². The lowest BCUT2D eigenvalue weighted by Crippen LogP contribution is -2.44. The van der Waals surface area contributed by atoms with Crippen LogP contribution in [0.5, 0.6) is 0 Å². The highest BCUT2D eigenvalue weighted by molar-refractivity contribution is 8.00. The number of rotatable bonds is 4. The molecule has 7 heteroatoms. The topological polar surface area (TPSA) is 64.6 Å². The second-order valence-corrected chi connectivity index (χ2v) is 9.40. The number of nitrogens with zero attached hydrogens (tertiary/aromatic N) is 3. The summed E-state index contributed by atoms with van der Waals surface area (Å²) in [4.78, 5) is 24.5. The third-order valence-electron chi connectivity index (χ3n) is 5.25. The smallest absolute Gasteiger partial charge is 0.235 e. The van der Waals surface area contributed by atoms with Crippen LogP contribution in [0.2, 0.25) is 0 Å². The molecule has 0 N–H and O–H groups in total. The summed E-state index contributed by atoms with van der Waals surface area (Å²) in [6.07, 6.45) is 0.726. The van der Waals surface area contributed by atoms with Crippen LogP contribution in [0.1, 0.15) is 32.0 Å². The number of hydrogen-bond donors (Lipinski definition) is 0. The number of morpholine rings is 1. The van der Waals surface area contributed by atoms with Crippen molar-refractivity contribution in [3.63, 3.8) is 0 Å². The second kappa shape index (κ2) is 8.42. The molecule has 2 aliphatic rings. The quantitative estimate of drug-likeness (QED) is 0.566. The molecule has 1 amide bonds. The molecule has 0 unspecified atom stereocenters. The number of amides is 1. The Kier molecular flexibility index (Phi) is 5.90. The van der Waals surface area contributed by atoms with Gasteiger partial charge in [-0.05, 0) is 20.8 Å². The summed E-state index contributed by atoms with van der Waals surface area (Å²) in [6, 6.07) is 9.99. The monoisotopic (exact) mass is 413 g/mol. The highest BCUT2D eigenvalue weighted by Gasteiger charge is 2.32. The van der Waals surface area contributed by atoms with Crippen LogP contribution in [0.25, 0.3) is 11.4 Å². The number of hydrogen-bond acceptors (Lipinski definition) is 6. The fraction of sp³-hybridized carbons (Fsp3) is 0.500. The van der Waals surface area contributed by atoms with Gasteiger partial charge in [0.15, 0.2) is 5.82 Å². The number of thioether (sulfide) groups is 1. The summed E-state index contributed by atoms with van der Waals surface area (Å²) in [6.45, 7) is 9.09. The van der Waals surface area contributed by atoms with E-state index in [9.17, 15) is 4.79 Å². The van der Waals surface area contributed by atoms with Gasteiger partial charge in [0.05, 0.1) is 36.4 Å². The lowest BCUT2D eigenvalue weighted by Gasteiger charge is -2.32. The van der Waals surface area contributed by atoms with Crippen LogP contribution in [0.3, 0.4) is 0 Å². The first-order valence-electron chi connectivity index (χ1n) is 10.1.